The lowest BCUT2D eigenvalue weighted by Crippen LogP contribution is -2.46. The number of nitrogens with zero attached hydrogens (tertiary/aromatic N) is 2. The van der Waals surface area contributed by atoms with Gasteiger partial charge in [-0.3, -0.25) is 14.5 Å². The molecule has 0 aliphatic carbocycles. The summed E-state index contributed by atoms with van der Waals surface area (Å²) in [5.74, 6) is 0.224. The molecule has 35 heavy (non-hydrogen) atoms. The van der Waals surface area contributed by atoms with Crippen LogP contribution in [0.2, 0.25) is 0 Å². The van der Waals surface area contributed by atoms with Crippen molar-refractivity contribution in [2.45, 2.75) is 13.0 Å². The van der Waals surface area contributed by atoms with E-state index >= 15 is 0 Å². The SMILES string of the molecule is CC1Oc2ccc(-c3csc(-c4ccccc4)n3)cc2N(CC(=O)c2cc3ccccc3o2)C1=O. The molecule has 1 aliphatic rings. The van der Waals surface area contributed by atoms with Gasteiger partial charge >= 0.3 is 0 Å². The number of fused-ring (bicyclic) bond motifs is 2. The van der Waals surface area contributed by atoms with Crippen LogP contribution in [0.1, 0.15) is 17.5 Å². The Morgan fingerprint density at radius 3 is 2.63 bits per heavy atom. The lowest BCUT2D eigenvalue weighted by molar-refractivity contribution is -0.125. The highest BCUT2D eigenvalue weighted by molar-refractivity contribution is 7.13. The predicted octanol–water partition coefficient (Wildman–Crippen LogP) is 6.22. The fraction of sp³-hybridized carbons (Fsp3) is 0.107. The van der Waals surface area contributed by atoms with Crippen LogP contribution in [-0.2, 0) is 4.79 Å². The number of Topliss-reactive ketones (excluding diaryl/α,β-unsaturated/α-hetero) is 1. The van der Waals surface area contributed by atoms with Gasteiger partial charge in [0.05, 0.1) is 17.9 Å². The first-order chi connectivity index (χ1) is 17.1. The molecule has 6 nitrogen and oxygen atoms in total. The second-order valence-corrected chi connectivity index (χ2v) is 9.20. The van der Waals surface area contributed by atoms with Crippen LogP contribution in [0.5, 0.6) is 5.75 Å². The molecule has 172 valence electrons. The molecule has 0 N–H and O–H groups in total. The smallest absolute Gasteiger partial charge is 0.268 e. The van der Waals surface area contributed by atoms with Gasteiger partial charge in [-0.25, -0.2) is 4.98 Å². The Bertz CT molecular complexity index is 1540. The molecule has 1 amide bonds. The highest BCUT2D eigenvalue weighted by Gasteiger charge is 2.34. The number of anilines is 1. The Hall–Kier alpha value is -4.23. The molecule has 0 saturated heterocycles. The number of rotatable bonds is 5. The van der Waals surface area contributed by atoms with Crippen molar-refractivity contribution in [3.8, 4) is 27.6 Å². The van der Waals surface area contributed by atoms with Crippen LogP contribution in [0.25, 0.3) is 32.8 Å². The lowest BCUT2D eigenvalue weighted by atomic mass is 10.1. The molecule has 5 aromatic rings. The van der Waals surface area contributed by atoms with Crippen LogP contribution in [-0.4, -0.2) is 29.3 Å². The van der Waals surface area contributed by atoms with Crippen molar-refractivity contribution in [2.75, 3.05) is 11.4 Å². The highest BCUT2D eigenvalue weighted by atomic mass is 32.1. The minimum atomic E-state index is -0.694. The van der Waals surface area contributed by atoms with Crippen molar-refractivity contribution in [3.05, 3.63) is 90.0 Å². The van der Waals surface area contributed by atoms with E-state index in [1.54, 1.807) is 24.3 Å². The summed E-state index contributed by atoms with van der Waals surface area (Å²) in [6.07, 6.45) is -0.694. The maximum absolute atomic E-state index is 13.1. The summed E-state index contributed by atoms with van der Waals surface area (Å²) in [6, 6.07) is 24.7. The van der Waals surface area contributed by atoms with Crippen LogP contribution < -0.4 is 9.64 Å². The quantitative estimate of drug-likeness (QED) is 0.279. The van der Waals surface area contributed by atoms with E-state index in [0.717, 1.165) is 27.2 Å². The average Bonchev–Trinajstić information content (AvgIpc) is 3.55. The Kier molecular flexibility index (Phi) is 5.19. The number of aromatic nitrogens is 1. The molecule has 0 fully saturated rings. The van der Waals surface area contributed by atoms with Crippen LogP contribution in [0.4, 0.5) is 5.69 Å². The fourth-order valence-corrected chi connectivity index (χ4v) is 5.03. The van der Waals surface area contributed by atoms with E-state index in [1.165, 1.54) is 4.90 Å². The first kappa shape index (κ1) is 21.3. The number of carbonyl (C=O) groups is 2. The summed E-state index contributed by atoms with van der Waals surface area (Å²) < 4.78 is 11.6. The van der Waals surface area contributed by atoms with Crippen molar-refractivity contribution in [3.63, 3.8) is 0 Å². The molecular weight excluding hydrogens is 460 g/mol. The second kappa shape index (κ2) is 8.52. The third-order valence-corrected chi connectivity index (χ3v) is 6.88. The zero-order chi connectivity index (χ0) is 23.9. The minimum Gasteiger partial charge on any atom is -0.479 e. The number of carbonyl (C=O) groups excluding carboxylic acids is 2. The average molecular weight is 481 g/mol. The van der Waals surface area contributed by atoms with E-state index in [1.807, 2.05) is 78.2 Å². The molecule has 0 saturated carbocycles. The third-order valence-electron chi connectivity index (χ3n) is 5.99. The summed E-state index contributed by atoms with van der Waals surface area (Å²) in [6.45, 7) is 1.54. The molecule has 6 rings (SSSR count). The zero-order valence-corrected chi connectivity index (χ0v) is 19.6. The first-order valence-electron chi connectivity index (χ1n) is 11.2. The summed E-state index contributed by atoms with van der Waals surface area (Å²) in [5.41, 5.74) is 3.87. The number of amides is 1. The third kappa shape index (κ3) is 3.90. The van der Waals surface area contributed by atoms with Gasteiger partial charge < -0.3 is 9.15 Å². The number of ether oxygens (including phenoxy) is 1. The maximum Gasteiger partial charge on any atom is 0.268 e. The molecule has 7 heteroatoms. The van der Waals surface area contributed by atoms with Crippen molar-refractivity contribution in [1.82, 2.24) is 4.98 Å². The monoisotopic (exact) mass is 480 g/mol. The van der Waals surface area contributed by atoms with E-state index in [-0.39, 0.29) is 24.0 Å². The molecule has 1 aliphatic heterocycles. The molecule has 3 heterocycles. The largest absolute Gasteiger partial charge is 0.479 e. The number of furan rings is 1. The number of ketones is 1. The predicted molar refractivity (Wildman–Crippen MR) is 136 cm³/mol. The summed E-state index contributed by atoms with van der Waals surface area (Å²) in [4.78, 5) is 32.5. The highest BCUT2D eigenvalue weighted by Crippen LogP contribution is 2.39. The van der Waals surface area contributed by atoms with Gasteiger partial charge in [0.1, 0.15) is 16.3 Å². The number of hydrogen-bond donors (Lipinski definition) is 0. The molecule has 0 spiro atoms. The van der Waals surface area contributed by atoms with E-state index in [2.05, 4.69) is 0 Å². The van der Waals surface area contributed by atoms with Crippen LogP contribution >= 0.6 is 11.3 Å². The van der Waals surface area contributed by atoms with Crippen molar-refractivity contribution in [2.24, 2.45) is 0 Å². The zero-order valence-electron chi connectivity index (χ0n) is 18.8. The van der Waals surface area contributed by atoms with E-state index in [4.69, 9.17) is 14.1 Å². The molecule has 1 atom stereocenters. The number of hydrogen-bond acceptors (Lipinski definition) is 6. The second-order valence-electron chi connectivity index (χ2n) is 8.34. The van der Waals surface area contributed by atoms with Gasteiger partial charge in [-0.15, -0.1) is 11.3 Å². The van der Waals surface area contributed by atoms with Crippen molar-refractivity contribution >= 4 is 39.7 Å². The number of benzene rings is 3. The van der Waals surface area contributed by atoms with Gasteiger partial charge in [0.2, 0.25) is 5.78 Å². The van der Waals surface area contributed by atoms with E-state index in [0.29, 0.717) is 17.0 Å². The van der Waals surface area contributed by atoms with Gasteiger partial charge in [0.25, 0.3) is 5.91 Å². The summed E-state index contributed by atoms with van der Waals surface area (Å²) in [7, 11) is 0. The topological polar surface area (TPSA) is 72.6 Å². The van der Waals surface area contributed by atoms with Gasteiger partial charge in [-0.05, 0) is 37.3 Å². The number of para-hydroxylation sites is 1. The van der Waals surface area contributed by atoms with Crippen LogP contribution in [0.15, 0.2) is 88.7 Å². The summed E-state index contributed by atoms with van der Waals surface area (Å²) >= 11 is 1.56. The van der Waals surface area contributed by atoms with Gasteiger partial charge in [-0.1, -0.05) is 48.5 Å². The van der Waals surface area contributed by atoms with E-state index < -0.39 is 6.10 Å². The van der Waals surface area contributed by atoms with Gasteiger partial charge in [0, 0.05) is 21.9 Å². The minimum absolute atomic E-state index is 0.144. The molecular formula is C28H20N2O4S. The summed E-state index contributed by atoms with van der Waals surface area (Å²) in [5, 5.41) is 3.75. The van der Waals surface area contributed by atoms with Crippen molar-refractivity contribution in [1.29, 1.82) is 0 Å². The Morgan fingerprint density at radius 2 is 1.80 bits per heavy atom. The van der Waals surface area contributed by atoms with Gasteiger partial charge in [0.15, 0.2) is 11.9 Å². The normalized spacial score (nSPS) is 15.2. The van der Waals surface area contributed by atoms with Crippen LogP contribution in [0, 0.1) is 0 Å². The molecule has 2 aromatic heterocycles. The Balaban J connectivity index is 1.33. The van der Waals surface area contributed by atoms with Crippen molar-refractivity contribution < 1.29 is 18.7 Å². The standard InChI is InChI=1S/C28H20N2O4S/c1-17-28(32)30(15-23(31)26-14-20-9-5-6-10-24(20)34-26)22-13-19(11-12-25(22)33-17)21-16-35-27(29-21)18-7-3-2-4-8-18/h2-14,16-17H,15H2,1H3. The van der Waals surface area contributed by atoms with Crippen LogP contribution in [0.3, 0.4) is 0 Å². The lowest BCUT2D eigenvalue weighted by Gasteiger charge is -2.32. The fourth-order valence-electron chi connectivity index (χ4n) is 4.19. The molecule has 0 radical (unpaired) electrons. The maximum atomic E-state index is 13.1. The Labute approximate surface area is 205 Å². The molecule has 3 aromatic carbocycles. The molecule has 1 unspecified atom stereocenters. The Morgan fingerprint density at radius 1 is 1.00 bits per heavy atom. The van der Waals surface area contributed by atoms with E-state index in [9.17, 15) is 9.59 Å². The van der Waals surface area contributed by atoms with Gasteiger partial charge in [-0.2, -0.15) is 0 Å². The first-order valence-corrected chi connectivity index (χ1v) is 12.1. The molecule has 0 bridgehead atoms. The number of thiazole rings is 1.